The first-order valence-corrected chi connectivity index (χ1v) is 8.00. The summed E-state index contributed by atoms with van der Waals surface area (Å²) < 4.78 is 10.9. The van der Waals surface area contributed by atoms with Gasteiger partial charge in [-0.1, -0.05) is 0 Å². The Morgan fingerprint density at radius 2 is 2.04 bits per heavy atom. The minimum atomic E-state index is -0.854. The minimum absolute atomic E-state index is 0.154. The third-order valence-electron chi connectivity index (χ3n) is 3.70. The van der Waals surface area contributed by atoms with Crippen LogP contribution in [-0.2, 0) is 4.74 Å². The zero-order valence-electron chi connectivity index (χ0n) is 14.9. The normalized spacial score (nSPS) is 11.0. The molecular formula is C17H19N5O4. The number of carbonyl (C=O) groups excluding carboxylic acids is 1. The molecule has 2 N–H and O–H groups in total. The SMILES string of the molecule is COC(=O)Oc1ccc2c(Nc3cc(C)[nH]n3)nn(C(C)C)c(=O)c2c1. The number of carbonyl (C=O) groups is 1. The van der Waals surface area contributed by atoms with Gasteiger partial charge < -0.3 is 14.8 Å². The first-order chi connectivity index (χ1) is 12.4. The molecule has 26 heavy (non-hydrogen) atoms. The van der Waals surface area contributed by atoms with Crippen molar-refractivity contribution in [2.45, 2.75) is 26.8 Å². The van der Waals surface area contributed by atoms with Gasteiger partial charge in [0.05, 0.1) is 18.5 Å². The molecule has 0 aliphatic carbocycles. The van der Waals surface area contributed by atoms with E-state index in [1.807, 2.05) is 26.8 Å². The molecule has 0 aliphatic rings. The van der Waals surface area contributed by atoms with E-state index in [4.69, 9.17) is 4.74 Å². The summed E-state index contributed by atoms with van der Waals surface area (Å²) in [4.78, 5) is 24.1. The lowest BCUT2D eigenvalue weighted by atomic mass is 10.1. The third-order valence-corrected chi connectivity index (χ3v) is 3.70. The molecule has 0 bridgehead atoms. The highest BCUT2D eigenvalue weighted by molar-refractivity contribution is 5.93. The number of aryl methyl sites for hydroxylation is 1. The van der Waals surface area contributed by atoms with Crippen molar-refractivity contribution in [3.05, 3.63) is 40.3 Å². The molecule has 0 aliphatic heterocycles. The lowest BCUT2D eigenvalue weighted by Gasteiger charge is -2.14. The van der Waals surface area contributed by atoms with Gasteiger partial charge in [-0.25, -0.2) is 9.48 Å². The molecule has 0 atom stereocenters. The molecule has 0 saturated carbocycles. The largest absolute Gasteiger partial charge is 0.513 e. The van der Waals surface area contributed by atoms with E-state index < -0.39 is 6.16 Å². The van der Waals surface area contributed by atoms with Crippen LogP contribution in [0.2, 0.25) is 0 Å². The predicted octanol–water partition coefficient (Wildman–Crippen LogP) is 2.90. The van der Waals surface area contributed by atoms with Gasteiger partial charge in [-0.2, -0.15) is 10.2 Å². The Kier molecular flexibility index (Phi) is 4.61. The quantitative estimate of drug-likeness (QED) is 0.545. The topological polar surface area (TPSA) is 111 Å². The van der Waals surface area contributed by atoms with Crippen LogP contribution in [0.4, 0.5) is 16.4 Å². The van der Waals surface area contributed by atoms with Gasteiger partial charge in [0.15, 0.2) is 11.6 Å². The van der Waals surface area contributed by atoms with Crippen molar-refractivity contribution in [3.63, 3.8) is 0 Å². The highest BCUT2D eigenvalue weighted by Gasteiger charge is 2.15. The lowest BCUT2D eigenvalue weighted by molar-refractivity contribution is 0.121. The summed E-state index contributed by atoms with van der Waals surface area (Å²) in [5, 5.41) is 15.5. The third kappa shape index (κ3) is 3.37. The average molecular weight is 357 g/mol. The molecule has 3 rings (SSSR count). The summed E-state index contributed by atoms with van der Waals surface area (Å²) in [5.74, 6) is 1.27. The number of hydrogen-bond acceptors (Lipinski definition) is 7. The second kappa shape index (κ2) is 6.87. The van der Waals surface area contributed by atoms with Gasteiger partial charge in [0, 0.05) is 17.1 Å². The molecule has 9 nitrogen and oxygen atoms in total. The molecule has 3 aromatic rings. The fraction of sp³-hybridized carbons (Fsp3) is 0.294. The van der Waals surface area contributed by atoms with Gasteiger partial charge in [-0.05, 0) is 39.0 Å². The van der Waals surface area contributed by atoms with Gasteiger partial charge in [0.2, 0.25) is 0 Å². The number of aromatic nitrogens is 4. The molecule has 2 heterocycles. The molecule has 0 amide bonds. The van der Waals surface area contributed by atoms with E-state index >= 15 is 0 Å². The van der Waals surface area contributed by atoms with Gasteiger partial charge in [-0.3, -0.25) is 9.89 Å². The maximum absolute atomic E-state index is 12.8. The minimum Gasteiger partial charge on any atom is -0.437 e. The maximum Gasteiger partial charge on any atom is 0.513 e. The lowest BCUT2D eigenvalue weighted by Crippen LogP contribution is -2.26. The molecule has 0 saturated heterocycles. The fourth-order valence-electron chi connectivity index (χ4n) is 2.48. The highest BCUT2D eigenvalue weighted by Crippen LogP contribution is 2.26. The maximum atomic E-state index is 12.8. The number of hydrogen-bond donors (Lipinski definition) is 2. The van der Waals surface area contributed by atoms with Crippen LogP contribution in [0.5, 0.6) is 5.75 Å². The number of aromatic amines is 1. The Hall–Kier alpha value is -3.36. The van der Waals surface area contributed by atoms with Crippen LogP contribution in [0.3, 0.4) is 0 Å². The van der Waals surface area contributed by atoms with E-state index in [9.17, 15) is 9.59 Å². The fourth-order valence-corrected chi connectivity index (χ4v) is 2.48. The van der Waals surface area contributed by atoms with E-state index in [1.165, 1.54) is 17.9 Å². The van der Waals surface area contributed by atoms with E-state index in [0.717, 1.165) is 5.69 Å². The second-order valence-electron chi connectivity index (χ2n) is 6.02. The number of ether oxygens (including phenoxy) is 2. The van der Waals surface area contributed by atoms with Gasteiger partial charge >= 0.3 is 6.16 Å². The predicted molar refractivity (Wildman–Crippen MR) is 96.0 cm³/mol. The number of methoxy groups -OCH3 is 1. The van der Waals surface area contributed by atoms with Crippen molar-refractivity contribution in [3.8, 4) is 5.75 Å². The Bertz CT molecular complexity index is 1020. The van der Waals surface area contributed by atoms with E-state index in [-0.39, 0.29) is 17.4 Å². The smallest absolute Gasteiger partial charge is 0.437 e. The van der Waals surface area contributed by atoms with Crippen LogP contribution in [0.15, 0.2) is 29.1 Å². The number of anilines is 2. The second-order valence-corrected chi connectivity index (χ2v) is 6.02. The molecule has 136 valence electrons. The highest BCUT2D eigenvalue weighted by atomic mass is 16.7. The van der Waals surface area contributed by atoms with Crippen LogP contribution >= 0.6 is 0 Å². The summed E-state index contributed by atoms with van der Waals surface area (Å²) in [7, 11) is 1.22. The van der Waals surface area contributed by atoms with Crippen LogP contribution in [-0.4, -0.2) is 33.2 Å². The monoisotopic (exact) mass is 357 g/mol. The van der Waals surface area contributed by atoms with E-state index in [1.54, 1.807) is 12.1 Å². The molecule has 0 spiro atoms. The van der Waals surface area contributed by atoms with Crippen molar-refractivity contribution >= 4 is 28.6 Å². The standard InChI is InChI=1S/C17H19N5O4/c1-9(2)22-16(23)13-8-11(26-17(24)25-4)5-6-12(13)15(21-22)18-14-7-10(3)19-20-14/h5-9H,1-4H3,(H2,18,19,20,21). The summed E-state index contributed by atoms with van der Waals surface area (Å²) in [5.41, 5.74) is 0.608. The Morgan fingerprint density at radius 3 is 2.65 bits per heavy atom. The number of benzene rings is 1. The molecular weight excluding hydrogens is 338 g/mol. The first kappa shape index (κ1) is 17.5. The van der Waals surface area contributed by atoms with E-state index in [2.05, 4.69) is 25.3 Å². The van der Waals surface area contributed by atoms with Crippen LogP contribution in [0.1, 0.15) is 25.6 Å². The Balaban J connectivity index is 2.15. The Labute approximate surface area is 148 Å². The number of rotatable bonds is 4. The summed E-state index contributed by atoms with van der Waals surface area (Å²) in [6.45, 7) is 5.60. The molecule has 0 radical (unpaired) electrons. The number of nitrogens with one attached hydrogen (secondary N) is 2. The van der Waals surface area contributed by atoms with Gasteiger partial charge in [-0.15, -0.1) is 0 Å². The summed E-state index contributed by atoms with van der Waals surface area (Å²) >= 11 is 0. The van der Waals surface area contributed by atoms with Crippen molar-refractivity contribution < 1.29 is 14.3 Å². The number of nitrogens with zero attached hydrogens (tertiary/aromatic N) is 3. The molecule has 0 fully saturated rings. The van der Waals surface area contributed by atoms with Crippen LogP contribution < -0.4 is 15.6 Å². The summed E-state index contributed by atoms with van der Waals surface area (Å²) in [6, 6.07) is 6.40. The average Bonchev–Trinajstić information content (AvgIpc) is 3.02. The number of H-pyrrole nitrogens is 1. The molecule has 1 aromatic carbocycles. The van der Waals surface area contributed by atoms with E-state index in [0.29, 0.717) is 22.4 Å². The molecule has 9 heteroatoms. The summed E-state index contributed by atoms with van der Waals surface area (Å²) in [6.07, 6.45) is -0.854. The van der Waals surface area contributed by atoms with Crippen molar-refractivity contribution in [1.82, 2.24) is 20.0 Å². The van der Waals surface area contributed by atoms with Crippen molar-refractivity contribution in [2.24, 2.45) is 0 Å². The van der Waals surface area contributed by atoms with Crippen LogP contribution in [0, 0.1) is 6.92 Å². The first-order valence-electron chi connectivity index (χ1n) is 8.00. The van der Waals surface area contributed by atoms with Gasteiger partial charge in [0.1, 0.15) is 5.75 Å². The van der Waals surface area contributed by atoms with Crippen molar-refractivity contribution in [1.29, 1.82) is 0 Å². The zero-order valence-corrected chi connectivity index (χ0v) is 14.9. The van der Waals surface area contributed by atoms with Crippen molar-refractivity contribution in [2.75, 3.05) is 12.4 Å². The molecule has 0 unspecified atom stereocenters. The zero-order chi connectivity index (χ0) is 18.8. The van der Waals surface area contributed by atoms with Crippen LogP contribution in [0.25, 0.3) is 10.8 Å². The van der Waals surface area contributed by atoms with Gasteiger partial charge in [0.25, 0.3) is 5.56 Å². The number of fused-ring (bicyclic) bond motifs is 1. The Morgan fingerprint density at radius 1 is 1.27 bits per heavy atom. The molecule has 2 aromatic heterocycles.